The maximum absolute atomic E-state index is 11.8. The van der Waals surface area contributed by atoms with Crippen LogP contribution in [0, 0.1) is 18.3 Å². The van der Waals surface area contributed by atoms with E-state index in [0.29, 0.717) is 24.3 Å². The third kappa shape index (κ3) is 1.78. The fraction of sp³-hybridized carbons (Fsp3) is 0.214. The van der Waals surface area contributed by atoms with Gasteiger partial charge in [0.25, 0.3) is 0 Å². The number of hydrogen-bond donors (Lipinski definition) is 0. The molecule has 0 saturated carbocycles. The highest BCUT2D eigenvalue weighted by Crippen LogP contribution is 2.21. The SMILES string of the molecule is Cc1cc(-n2cnc3c2C(=O)OCC3)ccc1C#N. The lowest BCUT2D eigenvalue weighted by Crippen LogP contribution is -2.20. The molecular weight excluding hydrogens is 242 g/mol. The zero-order valence-electron chi connectivity index (χ0n) is 10.4. The molecule has 1 aliphatic heterocycles. The summed E-state index contributed by atoms with van der Waals surface area (Å²) in [7, 11) is 0. The minimum atomic E-state index is -0.347. The standard InChI is InChI=1S/C14H11N3O2/c1-9-6-11(3-2-10(9)7-15)17-8-16-12-4-5-19-14(18)13(12)17/h2-3,6,8H,4-5H2,1H3. The third-order valence-electron chi connectivity index (χ3n) is 3.22. The molecule has 0 N–H and O–H groups in total. The van der Waals surface area contributed by atoms with Gasteiger partial charge in [-0.05, 0) is 30.7 Å². The molecule has 5 nitrogen and oxygen atoms in total. The van der Waals surface area contributed by atoms with E-state index in [4.69, 9.17) is 10.00 Å². The first kappa shape index (κ1) is 11.5. The zero-order chi connectivity index (χ0) is 13.4. The van der Waals surface area contributed by atoms with E-state index < -0.39 is 0 Å². The molecule has 3 rings (SSSR count). The molecule has 2 heterocycles. The normalized spacial score (nSPS) is 13.6. The van der Waals surface area contributed by atoms with Gasteiger partial charge in [-0.15, -0.1) is 0 Å². The molecule has 0 aliphatic carbocycles. The highest BCUT2D eigenvalue weighted by molar-refractivity contribution is 5.90. The number of carbonyl (C=O) groups excluding carboxylic acids is 1. The van der Waals surface area contributed by atoms with Gasteiger partial charge in [0.1, 0.15) is 6.33 Å². The lowest BCUT2D eigenvalue weighted by molar-refractivity contribution is 0.0468. The molecule has 0 saturated heterocycles. The van der Waals surface area contributed by atoms with Crippen LogP contribution in [0.15, 0.2) is 24.5 Å². The van der Waals surface area contributed by atoms with Gasteiger partial charge >= 0.3 is 5.97 Å². The Balaban J connectivity index is 2.13. The summed E-state index contributed by atoms with van der Waals surface area (Å²) in [6.45, 7) is 2.25. The fourth-order valence-corrected chi connectivity index (χ4v) is 2.21. The van der Waals surface area contributed by atoms with E-state index >= 15 is 0 Å². The monoisotopic (exact) mass is 253 g/mol. The number of rotatable bonds is 1. The van der Waals surface area contributed by atoms with Crippen LogP contribution in [0.4, 0.5) is 0 Å². The van der Waals surface area contributed by atoms with Crippen LogP contribution in [-0.2, 0) is 11.2 Å². The molecular formula is C14H11N3O2. The smallest absolute Gasteiger partial charge is 0.357 e. The molecule has 1 aliphatic rings. The van der Waals surface area contributed by atoms with Gasteiger partial charge in [-0.3, -0.25) is 4.57 Å². The number of aromatic nitrogens is 2. The van der Waals surface area contributed by atoms with Crippen molar-refractivity contribution in [1.29, 1.82) is 5.26 Å². The second-order valence-electron chi connectivity index (χ2n) is 4.41. The van der Waals surface area contributed by atoms with E-state index in [0.717, 1.165) is 16.9 Å². The summed E-state index contributed by atoms with van der Waals surface area (Å²) >= 11 is 0. The van der Waals surface area contributed by atoms with Gasteiger partial charge in [0.2, 0.25) is 0 Å². The molecule has 0 unspecified atom stereocenters. The van der Waals surface area contributed by atoms with Crippen molar-refractivity contribution in [3.8, 4) is 11.8 Å². The molecule has 0 bridgehead atoms. The molecule has 0 fully saturated rings. The van der Waals surface area contributed by atoms with Crippen LogP contribution in [0.25, 0.3) is 5.69 Å². The summed E-state index contributed by atoms with van der Waals surface area (Å²) in [5.74, 6) is -0.347. The first-order chi connectivity index (χ1) is 9.20. The van der Waals surface area contributed by atoms with Crippen molar-refractivity contribution < 1.29 is 9.53 Å². The predicted molar refractivity (Wildman–Crippen MR) is 67.0 cm³/mol. The fourth-order valence-electron chi connectivity index (χ4n) is 2.21. The van der Waals surface area contributed by atoms with E-state index in [-0.39, 0.29) is 5.97 Å². The van der Waals surface area contributed by atoms with Gasteiger partial charge in [-0.25, -0.2) is 9.78 Å². The van der Waals surface area contributed by atoms with Crippen LogP contribution in [0.5, 0.6) is 0 Å². The summed E-state index contributed by atoms with van der Waals surface area (Å²) < 4.78 is 6.76. The number of imidazole rings is 1. The largest absolute Gasteiger partial charge is 0.461 e. The topological polar surface area (TPSA) is 67.9 Å². The highest BCUT2D eigenvalue weighted by Gasteiger charge is 2.25. The molecule has 2 aromatic rings. The van der Waals surface area contributed by atoms with Crippen molar-refractivity contribution in [1.82, 2.24) is 9.55 Å². The number of esters is 1. The van der Waals surface area contributed by atoms with Crippen LogP contribution < -0.4 is 0 Å². The van der Waals surface area contributed by atoms with Crippen LogP contribution in [0.2, 0.25) is 0 Å². The minimum absolute atomic E-state index is 0.347. The summed E-state index contributed by atoms with van der Waals surface area (Å²) in [6.07, 6.45) is 2.27. The van der Waals surface area contributed by atoms with E-state index in [2.05, 4.69) is 11.1 Å². The van der Waals surface area contributed by atoms with Gasteiger partial charge in [-0.2, -0.15) is 5.26 Å². The lowest BCUT2D eigenvalue weighted by Gasteiger charge is -2.14. The van der Waals surface area contributed by atoms with Crippen LogP contribution >= 0.6 is 0 Å². The Kier molecular flexibility index (Phi) is 2.57. The molecule has 0 spiro atoms. The molecule has 0 atom stereocenters. The Hall–Kier alpha value is -2.61. The van der Waals surface area contributed by atoms with E-state index in [1.54, 1.807) is 23.0 Å². The van der Waals surface area contributed by atoms with Crippen LogP contribution in [-0.4, -0.2) is 22.1 Å². The molecule has 19 heavy (non-hydrogen) atoms. The second kappa shape index (κ2) is 4.25. The summed E-state index contributed by atoms with van der Waals surface area (Å²) in [6, 6.07) is 7.53. The first-order valence-electron chi connectivity index (χ1n) is 5.95. The Morgan fingerprint density at radius 3 is 3.05 bits per heavy atom. The van der Waals surface area contributed by atoms with Crippen LogP contribution in [0.3, 0.4) is 0 Å². The van der Waals surface area contributed by atoms with Crippen molar-refractivity contribution in [2.24, 2.45) is 0 Å². The van der Waals surface area contributed by atoms with Gasteiger partial charge in [0.15, 0.2) is 5.69 Å². The number of hydrogen-bond acceptors (Lipinski definition) is 4. The number of nitrogens with zero attached hydrogens (tertiary/aromatic N) is 3. The van der Waals surface area contributed by atoms with Gasteiger partial charge in [0.05, 0.1) is 23.9 Å². The minimum Gasteiger partial charge on any atom is -0.461 e. The average molecular weight is 253 g/mol. The van der Waals surface area contributed by atoms with E-state index in [1.165, 1.54) is 0 Å². The maximum atomic E-state index is 11.8. The summed E-state index contributed by atoms with van der Waals surface area (Å²) in [5.41, 5.74) is 3.55. The van der Waals surface area contributed by atoms with E-state index in [9.17, 15) is 4.79 Å². The molecule has 1 aromatic carbocycles. The number of carbonyl (C=O) groups is 1. The van der Waals surface area contributed by atoms with Crippen LogP contribution in [0.1, 0.15) is 27.3 Å². The number of nitriles is 1. The van der Waals surface area contributed by atoms with Crippen molar-refractivity contribution in [3.05, 3.63) is 47.0 Å². The van der Waals surface area contributed by atoms with E-state index in [1.807, 2.05) is 13.0 Å². The number of aryl methyl sites for hydroxylation is 1. The number of benzene rings is 1. The first-order valence-corrected chi connectivity index (χ1v) is 5.95. The molecule has 1 aromatic heterocycles. The summed E-state index contributed by atoms with van der Waals surface area (Å²) in [5, 5.41) is 8.93. The quantitative estimate of drug-likeness (QED) is 0.726. The maximum Gasteiger partial charge on any atom is 0.357 e. The Morgan fingerprint density at radius 2 is 2.32 bits per heavy atom. The number of fused-ring (bicyclic) bond motifs is 1. The van der Waals surface area contributed by atoms with Crippen molar-refractivity contribution >= 4 is 5.97 Å². The second-order valence-corrected chi connectivity index (χ2v) is 4.41. The van der Waals surface area contributed by atoms with Crippen molar-refractivity contribution in [3.63, 3.8) is 0 Å². The van der Waals surface area contributed by atoms with Crippen molar-refractivity contribution in [2.75, 3.05) is 6.61 Å². The number of cyclic esters (lactones) is 1. The van der Waals surface area contributed by atoms with Crippen molar-refractivity contribution in [2.45, 2.75) is 13.3 Å². The average Bonchev–Trinajstić information content (AvgIpc) is 2.84. The van der Waals surface area contributed by atoms with Gasteiger partial charge < -0.3 is 4.74 Å². The number of ether oxygens (including phenoxy) is 1. The predicted octanol–water partition coefficient (Wildman–Crippen LogP) is 1.77. The Bertz CT molecular complexity index is 710. The van der Waals surface area contributed by atoms with Gasteiger partial charge in [0, 0.05) is 12.1 Å². The Morgan fingerprint density at radius 1 is 1.47 bits per heavy atom. The third-order valence-corrected chi connectivity index (χ3v) is 3.22. The zero-order valence-corrected chi connectivity index (χ0v) is 10.4. The molecule has 94 valence electrons. The molecule has 0 radical (unpaired) electrons. The summed E-state index contributed by atoms with van der Waals surface area (Å²) in [4.78, 5) is 16.1. The molecule has 0 amide bonds. The lowest BCUT2D eigenvalue weighted by atomic mass is 10.1. The Labute approximate surface area is 110 Å². The van der Waals surface area contributed by atoms with Gasteiger partial charge in [-0.1, -0.05) is 0 Å². The highest BCUT2D eigenvalue weighted by atomic mass is 16.5. The molecule has 5 heteroatoms.